The molecule has 0 spiro atoms. The number of aromatic nitrogens is 1. The van der Waals surface area contributed by atoms with Crippen LogP contribution in [0.2, 0.25) is 0 Å². The third-order valence-corrected chi connectivity index (χ3v) is 10.0. The molecule has 2 aromatic rings. The molecular formula is C26H29N5O8S2. The van der Waals surface area contributed by atoms with E-state index in [4.69, 9.17) is 4.74 Å². The predicted octanol–water partition coefficient (Wildman–Crippen LogP) is 2.77. The van der Waals surface area contributed by atoms with Gasteiger partial charge >= 0.3 is 12.1 Å². The smallest absolute Gasteiger partial charge is 0.407 e. The molecule has 218 valence electrons. The second kappa shape index (κ2) is 11.8. The maximum atomic E-state index is 12.6. The number of aliphatic carboxylic acids is 1. The maximum absolute atomic E-state index is 12.6. The van der Waals surface area contributed by atoms with Crippen molar-refractivity contribution in [2.24, 2.45) is 11.8 Å². The number of nitrogens with one attached hydrogen (secondary N) is 2. The number of fused-ring (bicyclic) bond motifs is 1. The lowest BCUT2D eigenvalue weighted by Crippen LogP contribution is -2.63. The minimum absolute atomic E-state index is 0.0256. The van der Waals surface area contributed by atoms with Crippen LogP contribution in [0.5, 0.6) is 0 Å². The molecule has 2 unspecified atom stereocenters. The van der Waals surface area contributed by atoms with Crippen molar-refractivity contribution < 1.29 is 34.3 Å². The summed E-state index contributed by atoms with van der Waals surface area (Å²) in [5, 5.41) is 39.5. The number of alkyl carbamates (subject to hydrolysis) is 1. The van der Waals surface area contributed by atoms with Gasteiger partial charge in [-0.15, -0.1) is 23.1 Å². The van der Waals surface area contributed by atoms with Gasteiger partial charge in [0.2, 0.25) is 5.91 Å². The fourth-order valence-electron chi connectivity index (χ4n) is 5.48. The van der Waals surface area contributed by atoms with Gasteiger partial charge in [-0.05, 0) is 31.0 Å². The number of carbonyl (C=O) groups is 3. The van der Waals surface area contributed by atoms with Gasteiger partial charge in [0.25, 0.3) is 5.69 Å². The lowest BCUT2D eigenvalue weighted by Gasteiger charge is -2.46. The van der Waals surface area contributed by atoms with Crippen LogP contribution in [-0.2, 0) is 27.5 Å². The molecule has 2 fully saturated rings. The van der Waals surface area contributed by atoms with Crippen LogP contribution in [-0.4, -0.2) is 66.9 Å². The quantitative estimate of drug-likeness (QED) is 0.178. The Morgan fingerprint density at radius 1 is 1.37 bits per heavy atom. The zero-order valence-corrected chi connectivity index (χ0v) is 23.8. The molecule has 4 heterocycles. The lowest BCUT2D eigenvalue weighted by molar-refractivity contribution is -0.384. The third kappa shape index (κ3) is 5.80. The van der Waals surface area contributed by atoms with Gasteiger partial charge in [0.05, 0.1) is 41.3 Å². The molecular weight excluding hydrogens is 574 g/mol. The van der Waals surface area contributed by atoms with Gasteiger partial charge in [0.15, 0.2) is 0 Å². The van der Waals surface area contributed by atoms with Crippen LogP contribution in [0.15, 0.2) is 40.2 Å². The molecule has 1 aromatic carbocycles. The van der Waals surface area contributed by atoms with Gasteiger partial charge in [0.1, 0.15) is 17.3 Å². The van der Waals surface area contributed by atoms with E-state index in [1.54, 1.807) is 6.92 Å². The van der Waals surface area contributed by atoms with Crippen LogP contribution in [0, 0.1) is 22.0 Å². The first-order valence-corrected chi connectivity index (χ1v) is 14.8. The van der Waals surface area contributed by atoms with Crippen LogP contribution in [0.1, 0.15) is 42.6 Å². The van der Waals surface area contributed by atoms with Crippen LogP contribution < -0.4 is 10.6 Å². The van der Waals surface area contributed by atoms with E-state index < -0.39 is 29.0 Å². The molecule has 0 aliphatic carbocycles. The number of non-ortho nitro benzene ring substituents is 1. The van der Waals surface area contributed by atoms with E-state index in [0.29, 0.717) is 29.1 Å². The van der Waals surface area contributed by atoms with Crippen molar-refractivity contribution in [2.75, 3.05) is 6.54 Å². The first-order chi connectivity index (χ1) is 19.5. The Hall–Kier alpha value is -3.53. The number of carbonyl (C=O) groups excluding carboxylic acids is 2. The second-order valence-corrected chi connectivity index (χ2v) is 12.5. The molecule has 0 bridgehead atoms. The minimum Gasteiger partial charge on any atom is -0.477 e. The molecule has 15 heteroatoms. The van der Waals surface area contributed by atoms with E-state index >= 15 is 0 Å². The number of carboxylic acids is 1. The molecule has 5 rings (SSSR count). The summed E-state index contributed by atoms with van der Waals surface area (Å²) in [7, 11) is 0. The van der Waals surface area contributed by atoms with Crippen LogP contribution in [0.3, 0.4) is 0 Å². The highest BCUT2D eigenvalue weighted by Gasteiger charge is 2.60. The third-order valence-electron chi connectivity index (χ3n) is 7.49. The number of aliphatic hydroxyl groups excluding tert-OH is 1. The number of hydrogen-bond acceptors (Lipinski definition) is 11. The number of rotatable bonds is 10. The Kier molecular flexibility index (Phi) is 8.31. The summed E-state index contributed by atoms with van der Waals surface area (Å²) in [6.45, 7) is 4.25. The number of thiazole rings is 1. The van der Waals surface area contributed by atoms with Crippen molar-refractivity contribution in [3.05, 3.63) is 66.6 Å². The number of hydrogen-bond donors (Lipinski definition) is 4. The van der Waals surface area contributed by atoms with Crippen molar-refractivity contribution in [2.45, 2.75) is 56.9 Å². The molecule has 13 nitrogen and oxygen atoms in total. The SMILES string of the molecule is C[C@@H](O)C1C(=O)N2C(C(=O)O)=C(S[C@@H]3CN[C@H](c4nc(CNC(=O)OCc5ccc([N+](=O)[O-])cc5)cs4)C3)[C@H](C)C12. The number of nitro groups is 1. The van der Waals surface area contributed by atoms with E-state index in [-0.39, 0.29) is 53.7 Å². The normalized spacial score (nSPS) is 26.0. The highest BCUT2D eigenvalue weighted by Crippen LogP contribution is 2.52. The number of carboxylic acid groups (broad SMARTS) is 1. The van der Waals surface area contributed by atoms with Crippen LogP contribution >= 0.6 is 23.1 Å². The summed E-state index contributed by atoms with van der Waals surface area (Å²) in [5.41, 5.74) is 1.28. The number of aliphatic hydroxyl groups is 1. The largest absolute Gasteiger partial charge is 0.477 e. The standard InChI is InChI=1S/C26H29N5O8S2/c1-12-20-19(13(2)32)24(33)30(20)21(25(34)35)22(12)41-17-7-18(27-9-17)23-29-15(11-40-23)8-28-26(36)39-10-14-3-5-16(6-4-14)31(37)38/h3-6,11-13,17-20,27,32H,7-10H2,1-2H3,(H,28,36)(H,34,35)/t12-,13-,17+,18+,19?,20?/m1/s1. The Labute approximate surface area is 243 Å². The Morgan fingerprint density at radius 2 is 2.10 bits per heavy atom. The summed E-state index contributed by atoms with van der Waals surface area (Å²) < 4.78 is 5.17. The number of benzene rings is 1. The Morgan fingerprint density at radius 3 is 2.76 bits per heavy atom. The van der Waals surface area contributed by atoms with Crippen LogP contribution in [0.4, 0.5) is 10.5 Å². The average molecular weight is 604 g/mol. The Bertz CT molecular complexity index is 1390. The molecule has 2 amide bonds. The molecule has 2 saturated heterocycles. The van der Waals surface area contributed by atoms with Gasteiger partial charge in [-0.3, -0.25) is 14.9 Å². The minimum atomic E-state index is -1.13. The Balaban J connectivity index is 1.12. The van der Waals surface area contributed by atoms with Crippen molar-refractivity contribution >= 4 is 46.8 Å². The van der Waals surface area contributed by atoms with Crippen molar-refractivity contribution in [1.29, 1.82) is 0 Å². The summed E-state index contributed by atoms with van der Waals surface area (Å²) in [4.78, 5) is 53.6. The van der Waals surface area contributed by atoms with Gasteiger partial charge in [0, 0.05) is 40.1 Å². The molecule has 41 heavy (non-hydrogen) atoms. The number of nitrogens with zero attached hydrogens (tertiary/aromatic N) is 3. The average Bonchev–Trinajstić information content (AvgIpc) is 3.64. The highest BCUT2D eigenvalue weighted by molar-refractivity contribution is 8.03. The molecule has 3 aliphatic heterocycles. The van der Waals surface area contributed by atoms with E-state index in [0.717, 1.165) is 5.01 Å². The number of β-lactam (4-membered cyclic amide) rings is 1. The highest BCUT2D eigenvalue weighted by atomic mass is 32.2. The summed E-state index contributed by atoms with van der Waals surface area (Å²) >= 11 is 2.94. The van der Waals surface area contributed by atoms with E-state index in [1.165, 1.54) is 52.3 Å². The number of amides is 2. The first-order valence-electron chi connectivity index (χ1n) is 13.0. The van der Waals surface area contributed by atoms with E-state index in [2.05, 4.69) is 15.6 Å². The number of ether oxygens (including phenoxy) is 1. The monoisotopic (exact) mass is 603 g/mol. The molecule has 0 radical (unpaired) electrons. The molecule has 4 N–H and O–H groups in total. The molecule has 0 saturated carbocycles. The summed E-state index contributed by atoms with van der Waals surface area (Å²) in [6.07, 6.45) is -0.764. The summed E-state index contributed by atoms with van der Waals surface area (Å²) in [5.74, 6) is -2.24. The van der Waals surface area contributed by atoms with Crippen molar-refractivity contribution in [3.63, 3.8) is 0 Å². The van der Waals surface area contributed by atoms with Gasteiger partial charge in [-0.25, -0.2) is 14.6 Å². The molecule has 3 aliphatic rings. The lowest BCUT2D eigenvalue weighted by atomic mass is 9.79. The summed E-state index contributed by atoms with van der Waals surface area (Å²) in [6, 6.07) is 5.38. The predicted molar refractivity (Wildman–Crippen MR) is 149 cm³/mol. The molecule has 6 atom stereocenters. The fraction of sp³-hybridized carbons (Fsp3) is 0.462. The zero-order valence-electron chi connectivity index (χ0n) is 22.2. The maximum Gasteiger partial charge on any atom is 0.407 e. The zero-order chi connectivity index (χ0) is 29.4. The van der Waals surface area contributed by atoms with E-state index in [9.17, 15) is 34.7 Å². The number of nitro benzene ring substituents is 1. The number of thioether (sulfide) groups is 1. The van der Waals surface area contributed by atoms with Gasteiger partial charge in [-0.1, -0.05) is 6.92 Å². The van der Waals surface area contributed by atoms with Crippen LogP contribution in [0.25, 0.3) is 0 Å². The van der Waals surface area contributed by atoms with Gasteiger partial charge in [-0.2, -0.15) is 0 Å². The van der Waals surface area contributed by atoms with E-state index in [1.807, 2.05) is 12.3 Å². The molecule has 1 aromatic heterocycles. The fourth-order valence-corrected chi connectivity index (χ4v) is 7.87. The second-order valence-electron chi connectivity index (χ2n) is 10.2. The van der Waals surface area contributed by atoms with Crippen molar-refractivity contribution in [3.8, 4) is 0 Å². The van der Waals surface area contributed by atoms with Gasteiger partial charge < -0.3 is 30.5 Å². The van der Waals surface area contributed by atoms with Crippen molar-refractivity contribution in [1.82, 2.24) is 20.5 Å². The topological polar surface area (TPSA) is 184 Å². The first kappa shape index (κ1) is 29.0.